The zero-order valence-electron chi connectivity index (χ0n) is 19.8. The van der Waals surface area contributed by atoms with Gasteiger partial charge in [-0.15, -0.1) is 6.42 Å². The number of hydrogen-bond donors (Lipinski definition) is 1. The van der Waals surface area contributed by atoms with E-state index in [0.717, 1.165) is 10.6 Å². The van der Waals surface area contributed by atoms with Crippen LogP contribution < -0.4 is 25.0 Å². The van der Waals surface area contributed by atoms with Gasteiger partial charge in [-0.1, -0.05) is 103 Å². The molecule has 0 radical (unpaired) electrons. The first-order valence-electron chi connectivity index (χ1n) is 11.6. The quantitative estimate of drug-likeness (QED) is 0.144. The Morgan fingerprint density at radius 3 is 1.53 bits per heavy atom. The largest absolute Gasteiger partial charge is 0.562 e. The van der Waals surface area contributed by atoms with Gasteiger partial charge in [0.05, 0.1) is 6.54 Å². The zero-order valence-corrected chi connectivity index (χ0v) is 21.6. The molecule has 4 rings (SSSR count). The highest BCUT2D eigenvalue weighted by atomic mass is 31.2. The summed E-state index contributed by atoms with van der Waals surface area (Å²) in [5.41, 5.74) is 0. The van der Waals surface area contributed by atoms with Crippen molar-refractivity contribution in [1.29, 1.82) is 0 Å². The first-order valence-corrected chi connectivity index (χ1v) is 15.0. The maximum atomic E-state index is 14.6. The van der Waals surface area contributed by atoms with Gasteiger partial charge in [-0.2, -0.15) is 4.52 Å². The summed E-state index contributed by atoms with van der Waals surface area (Å²) >= 11 is 0. The van der Waals surface area contributed by atoms with Gasteiger partial charge in [0, 0.05) is 19.8 Å². The van der Waals surface area contributed by atoms with E-state index in [4.69, 9.17) is 20.0 Å². The van der Waals surface area contributed by atoms with Gasteiger partial charge in [0.1, 0.15) is 11.5 Å². The fourth-order valence-electron chi connectivity index (χ4n) is 3.78. The Morgan fingerprint density at radius 2 is 1.11 bits per heavy atom. The van der Waals surface area contributed by atoms with Crippen molar-refractivity contribution in [3.05, 3.63) is 121 Å². The number of nitrogens with one attached hydrogen (secondary N) is 1. The lowest BCUT2D eigenvalue weighted by Gasteiger charge is -2.28. The molecule has 0 spiro atoms. The van der Waals surface area contributed by atoms with E-state index in [1.807, 2.05) is 97.1 Å². The lowest BCUT2D eigenvalue weighted by atomic mass is 10.3. The van der Waals surface area contributed by atoms with Gasteiger partial charge in [-0.3, -0.25) is 0 Å². The molecule has 1 N–H and O–H groups in total. The SMILES string of the molecule is C#CCNCCP(=NP(=O)(Oc1ccccc1)Oc1ccccc1)(c1ccccc1)c1ccccc1. The molecule has 182 valence electrons. The first-order chi connectivity index (χ1) is 17.6. The number of para-hydroxylation sites is 2. The predicted octanol–water partition coefficient (Wildman–Crippen LogP) is 6.33. The summed E-state index contributed by atoms with van der Waals surface area (Å²) in [5.74, 6) is 3.46. The third-order valence-corrected chi connectivity index (χ3v) is 11.6. The van der Waals surface area contributed by atoms with Crippen LogP contribution in [0.15, 0.2) is 126 Å². The van der Waals surface area contributed by atoms with Crippen molar-refractivity contribution < 1.29 is 13.6 Å². The Bertz CT molecular complexity index is 1280. The Labute approximate surface area is 213 Å². The number of terminal acetylenes is 1. The van der Waals surface area contributed by atoms with E-state index in [-0.39, 0.29) is 0 Å². The van der Waals surface area contributed by atoms with Crippen LogP contribution in [0.2, 0.25) is 0 Å². The summed E-state index contributed by atoms with van der Waals surface area (Å²) in [5, 5.41) is 5.23. The van der Waals surface area contributed by atoms with E-state index >= 15 is 0 Å². The lowest BCUT2D eigenvalue weighted by molar-refractivity contribution is 0.388. The monoisotopic (exact) mass is 514 g/mol. The number of nitrogens with zero attached hydrogens (tertiary/aromatic N) is 1. The molecule has 0 fully saturated rings. The predicted molar refractivity (Wildman–Crippen MR) is 150 cm³/mol. The van der Waals surface area contributed by atoms with Gasteiger partial charge in [0.15, 0.2) is 0 Å². The highest BCUT2D eigenvalue weighted by Gasteiger charge is 2.35. The van der Waals surface area contributed by atoms with Crippen LogP contribution in [0, 0.1) is 12.3 Å². The van der Waals surface area contributed by atoms with Crippen molar-refractivity contribution in [3.63, 3.8) is 0 Å². The number of hydrogen-bond acceptors (Lipinski definition) is 4. The molecule has 0 atom stereocenters. The third-order valence-electron chi connectivity index (χ3n) is 5.40. The van der Waals surface area contributed by atoms with Crippen LogP contribution in [-0.4, -0.2) is 19.3 Å². The van der Waals surface area contributed by atoms with Crippen molar-refractivity contribution in [2.45, 2.75) is 0 Å². The second-order valence-corrected chi connectivity index (χ2v) is 12.9. The van der Waals surface area contributed by atoms with Crippen LogP contribution in [-0.2, 0) is 4.57 Å². The van der Waals surface area contributed by atoms with Crippen molar-refractivity contribution in [1.82, 2.24) is 5.32 Å². The normalized spacial score (nSPS) is 11.3. The van der Waals surface area contributed by atoms with Crippen LogP contribution in [0.3, 0.4) is 0 Å². The summed E-state index contributed by atoms with van der Waals surface area (Å²) in [7, 11) is -6.72. The standard InChI is InChI=1S/C29H28N2O3P2/c1-2-23-30-24-25-35(28-19-11-5-12-20-28,29-21-13-6-14-22-29)31-36(32,33-26-15-7-3-8-16-26)34-27-17-9-4-10-18-27/h1,3-22,30H,23-25H2. The molecule has 4 aromatic carbocycles. The molecular formula is C29H28N2O3P2. The Morgan fingerprint density at radius 1 is 0.694 bits per heavy atom. The molecule has 4 aromatic rings. The Kier molecular flexibility index (Phi) is 8.82. The van der Waals surface area contributed by atoms with E-state index in [9.17, 15) is 4.57 Å². The van der Waals surface area contributed by atoms with E-state index in [1.54, 1.807) is 24.3 Å². The van der Waals surface area contributed by atoms with Crippen LogP contribution in [0.1, 0.15) is 0 Å². The van der Waals surface area contributed by atoms with E-state index in [1.165, 1.54) is 0 Å². The smallest absolute Gasteiger partial charge is 0.399 e. The highest BCUT2D eigenvalue weighted by molar-refractivity contribution is 7.84. The maximum absolute atomic E-state index is 14.6. The molecule has 0 aromatic heterocycles. The summed E-state index contributed by atoms with van der Waals surface area (Å²) in [6, 6.07) is 37.9. The van der Waals surface area contributed by atoms with Gasteiger partial charge in [-0.25, -0.2) is 4.57 Å². The molecule has 36 heavy (non-hydrogen) atoms. The highest BCUT2D eigenvalue weighted by Crippen LogP contribution is 2.61. The van der Waals surface area contributed by atoms with E-state index < -0.39 is 14.8 Å². The van der Waals surface area contributed by atoms with Crippen molar-refractivity contribution >= 4 is 25.4 Å². The molecule has 0 bridgehead atoms. The lowest BCUT2D eigenvalue weighted by Crippen LogP contribution is -2.26. The van der Waals surface area contributed by atoms with Crippen molar-refractivity contribution in [2.24, 2.45) is 4.52 Å². The average Bonchev–Trinajstić information content (AvgIpc) is 2.92. The molecule has 0 aliphatic carbocycles. The molecule has 0 unspecified atom stereocenters. The molecule has 0 saturated carbocycles. The molecule has 0 aliphatic rings. The van der Waals surface area contributed by atoms with Gasteiger partial charge >= 0.3 is 7.75 Å². The van der Waals surface area contributed by atoms with Crippen molar-refractivity contribution in [2.75, 3.05) is 19.3 Å². The third kappa shape index (κ3) is 6.56. The van der Waals surface area contributed by atoms with Crippen LogP contribution in [0.5, 0.6) is 11.5 Å². The Hall–Kier alpha value is -3.54. The second kappa shape index (κ2) is 12.4. The fourth-order valence-corrected chi connectivity index (χ4v) is 10.2. The van der Waals surface area contributed by atoms with Crippen LogP contribution >= 0.6 is 14.8 Å². The van der Waals surface area contributed by atoms with Gasteiger partial charge < -0.3 is 14.4 Å². The average molecular weight is 515 g/mol. The summed E-state index contributed by atoms with van der Waals surface area (Å²) < 4.78 is 31.8. The van der Waals surface area contributed by atoms with Crippen molar-refractivity contribution in [3.8, 4) is 23.8 Å². The molecule has 5 nitrogen and oxygen atoms in total. The zero-order chi connectivity index (χ0) is 25.1. The molecule has 0 saturated heterocycles. The maximum Gasteiger partial charge on any atom is 0.562 e. The minimum absolute atomic E-state index is 0.421. The van der Waals surface area contributed by atoms with E-state index in [2.05, 4.69) is 11.2 Å². The number of rotatable bonds is 11. The van der Waals surface area contributed by atoms with Gasteiger partial charge in [-0.05, 0) is 34.9 Å². The minimum atomic E-state index is -4.06. The summed E-state index contributed by atoms with van der Waals surface area (Å²) in [6.45, 7) is 1.02. The van der Waals surface area contributed by atoms with Crippen LogP contribution in [0.25, 0.3) is 0 Å². The molecule has 7 heteroatoms. The molecule has 0 heterocycles. The molecule has 0 amide bonds. The summed E-state index contributed by atoms with van der Waals surface area (Å²) in [6.07, 6.45) is 6.05. The number of benzene rings is 4. The summed E-state index contributed by atoms with van der Waals surface area (Å²) in [4.78, 5) is 0. The van der Waals surface area contributed by atoms with Crippen LogP contribution in [0.4, 0.5) is 0 Å². The minimum Gasteiger partial charge on any atom is -0.399 e. The van der Waals surface area contributed by atoms with Gasteiger partial charge in [0.2, 0.25) is 0 Å². The van der Waals surface area contributed by atoms with E-state index in [0.29, 0.717) is 30.8 Å². The Balaban J connectivity index is 1.93. The molecule has 0 aliphatic heterocycles. The molecular weight excluding hydrogens is 486 g/mol. The first kappa shape index (κ1) is 25.5. The second-order valence-electron chi connectivity index (χ2n) is 7.91. The topological polar surface area (TPSA) is 59.9 Å². The fraction of sp³-hybridized carbons (Fsp3) is 0.103. The van der Waals surface area contributed by atoms with Gasteiger partial charge in [0.25, 0.3) is 0 Å².